The van der Waals surface area contributed by atoms with Gasteiger partial charge < -0.3 is 5.32 Å². The Morgan fingerprint density at radius 2 is 2.29 bits per heavy atom. The topological polar surface area (TPSA) is 24.9 Å². The Kier molecular flexibility index (Phi) is 4.98. The lowest BCUT2D eigenvalue weighted by Gasteiger charge is -2.06. The van der Waals surface area contributed by atoms with E-state index in [9.17, 15) is 0 Å². The van der Waals surface area contributed by atoms with Crippen LogP contribution in [0.3, 0.4) is 0 Å². The van der Waals surface area contributed by atoms with Gasteiger partial charge in [-0.3, -0.25) is 0 Å². The first-order chi connectivity index (χ1) is 8.25. The van der Waals surface area contributed by atoms with E-state index in [2.05, 4.69) is 26.2 Å². The van der Waals surface area contributed by atoms with E-state index in [-0.39, 0.29) is 0 Å². The summed E-state index contributed by atoms with van der Waals surface area (Å²) in [7, 11) is 0. The standard InChI is InChI=1S/C12H12BrClN2S/c13-11-7-10(14)2-1-9(11)8-15-4-3-12-16-5-6-17-12/h1-2,5-7,15H,3-4,8H2. The molecule has 5 heteroatoms. The summed E-state index contributed by atoms with van der Waals surface area (Å²) in [4.78, 5) is 4.24. The zero-order valence-electron chi connectivity index (χ0n) is 9.12. The molecule has 0 aliphatic carbocycles. The molecule has 0 atom stereocenters. The predicted octanol–water partition coefficient (Wildman–Crippen LogP) is 3.89. The quantitative estimate of drug-likeness (QED) is 0.841. The molecule has 0 amide bonds. The molecule has 0 unspecified atom stereocenters. The Morgan fingerprint density at radius 3 is 3.00 bits per heavy atom. The van der Waals surface area contributed by atoms with Gasteiger partial charge in [0.15, 0.2) is 0 Å². The van der Waals surface area contributed by atoms with E-state index in [0.29, 0.717) is 0 Å². The molecular formula is C12H12BrClN2S. The van der Waals surface area contributed by atoms with E-state index in [4.69, 9.17) is 11.6 Å². The van der Waals surface area contributed by atoms with Crippen LogP contribution in [0.4, 0.5) is 0 Å². The number of hydrogen-bond donors (Lipinski definition) is 1. The van der Waals surface area contributed by atoms with Gasteiger partial charge in [-0.25, -0.2) is 4.98 Å². The molecule has 1 aromatic heterocycles. The van der Waals surface area contributed by atoms with Crippen LogP contribution < -0.4 is 5.32 Å². The zero-order valence-corrected chi connectivity index (χ0v) is 12.3. The molecule has 17 heavy (non-hydrogen) atoms. The van der Waals surface area contributed by atoms with Crippen molar-refractivity contribution in [2.24, 2.45) is 0 Å². The number of benzene rings is 1. The van der Waals surface area contributed by atoms with Crippen LogP contribution in [0.15, 0.2) is 34.2 Å². The number of nitrogens with zero attached hydrogens (tertiary/aromatic N) is 1. The molecule has 0 spiro atoms. The smallest absolute Gasteiger partial charge is 0.0937 e. The molecule has 0 fully saturated rings. The first kappa shape index (κ1) is 13.0. The average Bonchev–Trinajstić information content (AvgIpc) is 2.79. The van der Waals surface area contributed by atoms with E-state index >= 15 is 0 Å². The van der Waals surface area contributed by atoms with Crippen molar-refractivity contribution in [3.63, 3.8) is 0 Å². The van der Waals surface area contributed by atoms with E-state index < -0.39 is 0 Å². The Bertz CT molecular complexity index is 473. The maximum absolute atomic E-state index is 5.89. The minimum absolute atomic E-state index is 0.753. The third-order valence-corrected chi connectivity index (χ3v) is 4.14. The predicted molar refractivity (Wildman–Crippen MR) is 76.7 cm³/mol. The largest absolute Gasteiger partial charge is 0.312 e. The molecule has 0 saturated carbocycles. The Hall–Kier alpha value is -0.420. The Labute approximate surface area is 118 Å². The maximum atomic E-state index is 5.89. The maximum Gasteiger partial charge on any atom is 0.0937 e. The fourth-order valence-corrected chi connectivity index (χ4v) is 2.90. The van der Waals surface area contributed by atoms with Crippen LogP contribution >= 0.6 is 38.9 Å². The number of hydrogen-bond acceptors (Lipinski definition) is 3. The fourth-order valence-electron chi connectivity index (χ4n) is 1.46. The lowest BCUT2D eigenvalue weighted by atomic mass is 10.2. The van der Waals surface area contributed by atoms with Crippen molar-refractivity contribution in [2.45, 2.75) is 13.0 Å². The summed E-state index contributed by atoms with van der Waals surface area (Å²) in [6, 6.07) is 5.85. The van der Waals surface area contributed by atoms with Gasteiger partial charge in [0.25, 0.3) is 0 Å². The second kappa shape index (κ2) is 6.50. The van der Waals surface area contributed by atoms with Crippen LogP contribution in [0.1, 0.15) is 10.6 Å². The Morgan fingerprint density at radius 1 is 1.41 bits per heavy atom. The highest BCUT2D eigenvalue weighted by molar-refractivity contribution is 9.10. The summed E-state index contributed by atoms with van der Waals surface area (Å²) >= 11 is 11.1. The van der Waals surface area contributed by atoms with Crippen LogP contribution in [-0.2, 0) is 13.0 Å². The molecule has 2 nitrogen and oxygen atoms in total. The van der Waals surface area contributed by atoms with Gasteiger partial charge >= 0.3 is 0 Å². The van der Waals surface area contributed by atoms with Gasteiger partial charge in [-0.15, -0.1) is 11.3 Å². The van der Waals surface area contributed by atoms with Gasteiger partial charge in [0, 0.05) is 40.6 Å². The number of rotatable bonds is 5. The number of thiazole rings is 1. The van der Waals surface area contributed by atoms with Crippen molar-refractivity contribution >= 4 is 38.9 Å². The highest BCUT2D eigenvalue weighted by Crippen LogP contribution is 2.21. The summed E-state index contributed by atoms with van der Waals surface area (Å²) in [5.41, 5.74) is 1.22. The summed E-state index contributed by atoms with van der Waals surface area (Å²) < 4.78 is 1.05. The SMILES string of the molecule is Clc1ccc(CNCCc2nccs2)c(Br)c1. The van der Waals surface area contributed by atoms with Crippen molar-refractivity contribution in [3.8, 4) is 0 Å². The van der Waals surface area contributed by atoms with Crippen molar-refractivity contribution in [3.05, 3.63) is 49.8 Å². The lowest BCUT2D eigenvalue weighted by Crippen LogP contribution is -2.16. The van der Waals surface area contributed by atoms with Crippen molar-refractivity contribution in [1.29, 1.82) is 0 Å². The molecule has 0 saturated heterocycles. The van der Waals surface area contributed by atoms with E-state index in [1.807, 2.05) is 29.8 Å². The molecule has 1 heterocycles. The molecule has 0 aliphatic heterocycles. The lowest BCUT2D eigenvalue weighted by molar-refractivity contribution is 0.683. The minimum Gasteiger partial charge on any atom is -0.312 e. The Balaban J connectivity index is 1.78. The number of halogens is 2. The molecule has 1 N–H and O–H groups in total. The summed E-state index contributed by atoms with van der Waals surface area (Å²) in [6.07, 6.45) is 2.82. The number of aromatic nitrogens is 1. The van der Waals surface area contributed by atoms with Crippen molar-refractivity contribution < 1.29 is 0 Å². The van der Waals surface area contributed by atoms with Crippen LogP contribution in [0, 0.1) is 0 Å². The first-order valence-electron chi connectivity index (χ1n) is 5.29. The van der Waals surface area contributed by atoms with Gasteiger partial charge in [-0.05, 0) is 17.7 Å². The van der Waals surface area contributed by atoms with Crippen molar-refractivity contribution in [1.82, 2.24) is 10.3 Å². The third kappa shape index (κ3) is 4.07. The summed E-state index contributed by atoms with van der Waals surface area (Å²) in [5, 5.41) is 7.33. The summed E-state index contributed by atoms with van der Waals surface area (Å²) in [6.45, 7) is 1.77. The molecule has 1 aromatic carbocycles. The fraction of sp³-hybridized carbons (Fsp3) is 0.250. The highest BCUT2D eigenvalue weighted by atomic mass is 79.9. The summed E-state index contributed by atoms with van der Waals surface area (Å²) in [5.74, 6) is 0. The van der Waals surface area contributed by atoms with Crippen LogP contribution in [-0.4, -0.2) is 11.5 Å². The first-order valence-corrected chi connectivity index (χ1v) is 7.34. The normalized spacial score (nSPS) is 10.7. The van der Waals surface area contributed by atoms with Gasteiger partial charge in [0.2, 0.25) is 0 Å². The molecule has 0 aliphatic rings. The van der Waals surface area contributed by atoms with Crippen molar-refractivity contribution in [2.75, 3.05) is 6.54 Å². The third-order valence-electron chi connectivity index (χ3n) is 2.33. The average molecular weight is 332 g/mol. The van der Waals surface area contributed by atoms with Gasteiger partial charge in [-0.2, -0.15) is 0 Å². The number of nitrogens with one attached hydrogen (secondary N) is 1. The van der Waals surface area contributed by atoms with Crippen LogP contribution in [0.25, 0.3) is 0 Å². The molecular weight excluding hydrogens is 320 g/mol. The minimum atomic E-state index is 0.753. The highest BCUT2D eigenvalue weighted by Gasteiger charge is 2.00. The molecule has 2 aromatic rings. The molecule has 0 bridgehead atoms. The van der Waals surface area contributed by atoms with Gasteiger partial charge in [-0.1, -0.05) is 33.6 Å². The van der Waals surface area contributed by atoms with Gasteiger partial charge in [0.1, 0.15) is 0 Å². The van der Waals surface area contributed by atoms with Crippen LogP contribution in [0.2, 0.25) is 5.02 Å². The van der Waals surface area contributed by atoms with E-state index in [0.717, 1.165) is 29.0 Å². The molecule has 2 rings (SSSR count). The second-order valence-corrected chi connectivity index (χ2v) is 5.86. The van der Waals surface area contributed by atoms with E-state index in [1.54, 1.807) is 11.3 Å². The van der Waals surface area contributed by atoms with Gasteiger partial charge in [0.05, 0.1) is 5.01 Å². The van der Waals surface area contributed by atoms with E-state index in [1.165, 1.54) is 10.6 Å². The van der Waals surface area contributed by atoms with Crippen LogP contribution in [0.5, 0.6) is 0 Å². The molecule has 90 valence electrons. The second-order valence-electron chi connectivity index (χ2n) is 3.59. The monoisotopic (exact) mass is 330 g/mol. The zero-order chi connectivity index (χ0) is 12.1. The molecule has 0 radical (unpaired) electrons.